The number of ether oxygens (including phenoxy) is 1. The Morgan fingerprint density at radius 2 is 2.30 bits per heavy atom. The van der Waals surface area contributed by atoms with Crippen molar-refractivity contribution in [3.8, 4) is 5.75 Å². The van der Waals surface area contributed by atoms with Crippen molar-refractivity contribution in [3.63, 3.8) is 0 Å². The third-order valence-corrected chi connectivity index (χ3v) is 8.08. The highest BCUT2D eigenvalue weighted by atomic mass is 32.1. The number of hydrogen-bond donors (Lipinski definition) is 3. The molecule has 4 fully saturated rings. The molecular formula is C26H35N5OS. The molecule has 4 aliphatic rings. The summed E-state index contributed by atoms with van der Waals surface area (Å²) in [5.74, 6) is 2.12. The Morgan fingerprint density at radius 1 is 1.39 bits per heavy atom. The first-order valence-corrected chi connectivity index (χ1v) is 12.6. The Morgan fingerprint density at radius 3 is 3.03 bits per heavy atom. The zero-order valence-electron chi connectivity index (χ0n) is 19.4. The quantitative estimate of drug-likeness (QED) is 0.428. The number of hydrogen-bond acceptors (Lipinski definition) is 5. The van der Waals surface area contributed by atoms with E-state index in [2.05, 4.69) is 50.6 Å². The summed E-state index contributed by atoms with van der Waals surface area (Å²) in [6, 6.07) is 9.22. The molecular weight excluding hydrogens is 430 g/mol. The highest BCUT2D eigenvalue weighted by Crippen LogP contribution is 2.42. The first kappa shape index (κ1) is 22.6. The van der Waals surface area contributed by atoms with Crippen LogP contribution < -0.4 is 20.7 Å². The van der Waals surface area contributed by atoms with Crippen LogP contribution in [0.2, 0.25) is 0 Å². The average Bonchev–Trinajstić information content (AvgIpc) is 3.39. The van der Waals surface area contributed by atoms with E-state index in [0.717, 1.165) is 54.4 Å². The summed E-state index contributed by atoms with van der Waals surface area (Å²) in [7, 11) is 1.71. The van der Waals surface area contributed by atoms with E-state index < -0.39 is 0 Å². The van der Waals surface area contributed by atoms with Gasteiger partial charge in [0.15, 0.2) is 5.11 Å². The second-order valence-corrected chi connectivity index (χ2v) is 10.1. The van der Waals surface area contributed by atoms with E-state index >= 15 is 0 Å². The maximum absolute atomic E-state index is 5.81. The maximum Gasteiger partial charge on any atom is 0.166 e. The summed E-state index contributed by atoms with van der Waals surface area (Å²) in [4.78, 5) is 7.26. The molecule has 5 heterocycles. The van der Waals surface area contributed by atoms with Crippen LogP contribution in [0.3, 0.4) is 0 Å². The number of aromatic nitrogens is 1. The monoisotopic (exact) mass is 465 g/mol. The number of pyridine rings is 1. The molecule has 3 N–H and O–H groups in total. The van der Waals surface area contributed by atoms with Crippen LogP contribution in [0.4, 0.5) is 0 Å². The van der Waals surface area contributed by atoms with Gasteiger partial charge < -0.3 is 20.7 Å². The first-order valence-electron chi connectivity index (χ1n) is 12.2. The maximum atomic E-state index is 5.81. The van der Waals surface area contributed by atoms with Crippen LogP contribution in [-0.2, 0) is 0 Å². The lowest BCUT2D eigenvalue weighted by Crippen LogP contribution is -2.58. The van der Waals surface area contributed by atoms with Crippen molar-refractivity contribution < 1.29 is 4.74 Å². The first-order chi connectivity index (χ1) is 16.2. The summed E-state index contributed by atoms with van der Waals surface area (Å²) in [5.41, 5.74) is 2.21. The van der Waals surface area contributed by atoms with Gasteiger partial charge >= 0.3 is 0 Å². The summed E-state index contributed by atoms with van der Waals surface area (Å²) < 4.78 is 5.54. The number of nitrogens with one attached hydrogen (secondary N) is 3. The lowest BCUT2D eigenvalue weighted by Gasteiger charge is -2.52. The zero-order valence-corrected chi connectivity index (χ0v) is 20.2. The molecule has 176 valence electrons. The van der Waals surface area contributed by atoms with Crippen LogP contribution in [0.5, 0.6) is 5.75 Å². The number of thiocarbonyl (C=S) groups is 1. The molecule has 2 bridgehead atoms. The van der Waals surface area contributed by atoms with Gasteiger partial charge in [-0.05, 0) is 92.7 Å². The molecule has 33 heavy (non-hydrogen) atoms. The third-order valence-electron chi connectivity index (χ3n) is 7.81. The van der Waals surface area contributed by atoms with Crippen LogP contribution in [0.1, 0.15) is 37.3 Å². The molecule has 4 aliphatic heterocycles. The summed E-state index contributed by atoms with van der Waals surface area (Å²) in [6.45, 7) is 8.27. The topological polar surface area (TPSA) is 61.5 Å². The fourth-order valence-corrected chi connectivity index (χ4v) is 6.20. The Kier molecular flexibility index (Phi) is 6.81. The fraction of sp³-hybridized carbons (Fsp3) is 0.538. The number of fused-ring (bicyclic) bond motifs is 4. The number of methoxy groups -OCH3 is 1. The Balaban J connectivity index is 1.45. The van der Waals surface area contributed by atoms with E-state index in [-0.39, 0.29) is 6.04 Å². The van der Waals surface area contributed by atoms with Gasteiger partial charge in [-0.2, -0.15) is 0 Å². The second-order valence-electron chi connectivity index (χ2n) is 9.65. The molecule has 1 aromatic heterocycles. The molecule has 6 rings (SSSR count). The normalized spacial score (nSPS) is 29.5. The summed E-state index contributed by atoms with van der Waals surface area (Å²) >= 11 is 5.81. The molecule has 1 aromatic carbocycles. The summed E-state index contributed by atoms with van der Waals surface area (Å²) in [5, 5.41) is 12.6. The van der Waals surface area contributed by atoms with Crippen molar-refractivity contribution in [2.24, 2.45) is 11.8 Å². The standard InChI is InChI=1S/C26H35N5OS/c1-3-17-16-31-12-9-18(17)13-24(31)25(30-26(33)29-15-19-5-4-10-27-19)21-8-11-28-23-7-6-20(32-2)14-22(21)23/h3,6-8,11,14,17-19,24-25,27H,1,4-5,9-10,12-13,15-16H2,2H3,(H2,29,30,33)/t17-,18-,19-,24+,25+/m0/s1. The molecule has 6 nitrogen and oxygen atoms in total. The predicted octanol–water partition coefficient (Wildman–Crippen LogP) is 3.40. The van der Waals surface area contributed by atoms with Crippen molar-refractivity contribution in [1.82, 2.24) is 25.8 Å². The number of piperidine rings is 3. The van der Waals surface area contributed by atoms with Gasteiger partial charge in [0, 0.05) is 36.8 Å². The minimum absolute atomic E-state index is 0.0766. The van der Waals surface area contributed by atoms with E-state index in [0.29, 0.717) is 23.9 Å². The highest BCUT2D eigenvalue weighted by Gasteiger charge is 2.43. The smallest absolute Gasteiger partial charge is 0.166 e. The number of nitrogens with zero attached hydrogens (tertiary/aromatic N) is 2. The van der Waals surface area contributed by atoms with Crippen molar-refractivity contribution in [3.05, 3.63) is 48.7 Å². The van der Waals surface area contributed by atoms with E-state index in [9.17, 15) is 0 Å². The largest absolute Gasteiger partial charge is 0.497 e. The Bertz CT molecular complexity index is 1010. The van der Waals surface area contributed by atoms with Gasteiger partial charge in [0.05, 0.1) is 18.7 Å². The third kappa shape index (κ3) is 4.72. The van der Waals surface area contributed by atoms with Gasteiger partial charge in [-0.3, -0.25) is 9.88 Å². The number of benzene rings is 1. The van der Waals surface area contributed by atoms with Crippen LogP contribution in [0.15, 0.2) is 43.1 Å². The van der Waals surface area contributed by atoms with Gasteiger partial charge in [-0.1, -0.05) is 6.08 Å². The Labute approximate surface area is 202 Å². The second kappa shape index (κ2) is 9.95. The summed E-state index contributed by atoms with van der Waals surface area (Å²) in [6.07, 6.45) is 8.91. The van der Waals surface area contributed by atoms with Crippen molar-refractivity contribution in [1.29, 1.82) is 0 Å². The van der Waals surface area contributed by atoms with E-state index in [1.54, 1.807) is 7.11 Å². The van der Waals surface area contributed by atoms with Gasteiger partial charge in [0.2, 0.25) is 0 Å². The van der Waals surface area contributed by atoms with Crippen LogP contribution >= 0.6 is 12.2 Å². The zero-order chi connectivity index (χ0) is 22.8. The van der Waals surface area contributed by atoms with Gasteiger partial charge in [0.25, 0.3) is 0 Å². The molecule has 0 spiro atoms. The van der Waals surface area contributed by atoms with Crippen LogP contribution in [-0.4, -0.2) is 60.4 Å². The van der Waals surface area contributed by atoms with Crippen molar-refractivity contribution in [2.75, 3.05) is 33.3 Å². The molecule has 2 aromatic rings. The Hall–Kier alpha value is -2.22. The van der Waals surface area contributed by atoms with E-state index in [1.807, 2.05) is 18.3 Å². The van der Waals surface area contributed by atoms with Crippen molar-refractivity contribution in [2.45, 2.75) is 43.8 Å². The van der Waals surface area contributed by atoms with E-state index in [1.165, 1.54) is 24.8 Å². The lowest BCUT2D eigenvalue weighted by atomic mass is 9.73. The highest BCUT2D eigenvalue weighted by molar-refractivity contribution is 7.80. The van der Waals surface area contributed by atoms with Gasteiger partial charge in [-0.15, -0.1) is 6.58 Å². The van der Waals surface area contributed by atoms with Gasteiger partial charge in [-0.25, -0.2) is 0 Å². The average molecular weight is 466 g/mol. The van der Waals surface area contributed by atoms with Crippen molar-refractivity contribution >= 4 is 28.2 Å². The lowest BCUT2D eigenvalue weighted by molar-refractivity contribution is 0.00429. The molecule has 0 amide bonds. The van der Waals surface area contributed by atoms with Crippen LogP contribution in [0.25, 0.3) is 10.9 Å². The number of rotatable bonds is 7. The van der Waals surface area contributed by atoms with E-state index in [4.69, 9.17) is 17.0 Å². The van der Waals surface area contributed by atoms with Gasteiger partial charge in [0.1, 0.15) is 5.75 Å². The van der Waals surface area contributed by atoms with Crippen LogP contribution in [0, 0.1) is 11.8 Å². The minimum Gasteiger partial charge on any atom is -0.497 e. The molecule has 6 atom stereocenters. The predicted molar refractivity (Wildman–Crippen MR) is 138 cm³/mol. The fourth-order valence-electron chi connectivity index (χ4n) is 5.99. The molecule has 0 radical (unpaired) electrons. The molecule has 0 aliphatic carbocycles. The minimum atomic E-state index is 0.0766. The molecule has 0 saturated carbocycles. The molecule has 4 saturated heterocycles. The SMILES string of the molecule is C=C[C@H]1CN2CC[C@H]1C[C@@H]2[C@H](NC(=S)NC[C@@H]1CCCN1)c1ccnc2ccc(OC)cc12. The molecule has 1 unspecified atom stereocenters. The molecule has 7 heteroatoms.